The van der Waals surface area contributed by atoms with Crippen LogP contribution >= 0.6 is 11.3 Å². The summed E-state index contributed by atoms with van der Waals surface area (Å²) < 4.78 is 7.52. The molecular formula is C23H24N6O2S. The first-order valence-electron chi connectivity index (χ1n) is 10.6. The van der Waals surface area contributed by atoms with Crippen LogP contribution in [0, 0.1) is 0 Å². The van der Waals surface area contributed by atoms with Crippen LogP contribution in [0.15, 0.2) is 54.3 Å². The number of nitrogens with zero attached hydrogens (tertiary/aromatic N) is 6. The maximum Gasteiger partial charge on any atom is 0.273 e. The summed E-state index contributed by atoms with van der Waals surface area (Å²) in [5, 5.41) is 3.87. The van der Waals surface area contributed by atoms with Gasteiger partial charge in [-0.3, -0.25) is 4.79 Å². The molecule has 0 bridgehead atoms. The zero-order valence-corrected chi connectivity index (χ0v) is 18.7. The minimum absolute atomic E-state index is 0.0191. The number of piperazine rings is 1. The van der Waals surface area contributed by atoms with Crippen LogP contribution < -0.4 is 4.90 Å². The van der Waals surface area contributed by atoms with Gasteiger partial charge in [-0.05, 0) is 18.2 Å². The van der Waals surface area contributed by atoms with Crippen molar-refractivity contribution in [3.63, 3.8) is 0 Å². The molecule has 0 spiro atoms. The van der Waals surface area contributed by atoms with Gasteiger partial charge in [0.1, 0.15) is 22.8 Å². The number of ether oxygens (including phenoxy) is 1. The smallest absolute Gasteiger partial charge is 0.273 e. The summed E-state index contributed by atoms with van der Waals surface area (Å²) in [6.07, 6.45) is 3.29. The van der Waals surface area contributed by atoms with Gasteiger partial charge in [-0.2, -0.15) is 0 Å². The SMILES string of the molecule is COCCn1c(-c2nc(C(=O)N3CCN(c4ccncn4)CC3)cs2)cc2ccccc21. The lowest BCUT2D eigenvalue weighted by Crippen LogP contribution is -2.49. The molecule has 4 aromatic rings. The highest BCUT2D eigenvalue weighted by Crippen LogP contribution is 2.31. The molecule has 0 saturated carbocycles. The van der Waals surface area contributed by atoms with Gasteiger partial charge in [0.15, 0.2) is 0 Å². The third-order valence-electron chi connectivity index (χ3n) is 5.73. The molecule has 4 heterocycles. The van der Waals surface area contributed by atoms with Gasteiger partial charge in [-0.1, -0.05) is 18.2 Å². The zero-order valence-electron chi connectivity index (χ0n) is 17.8. The van der Waals surface area contributed by atoms with Crippen LogP contribution in [-0.4, -0.2) is 70.2 Å². The Morgan fingerprint density at radius 3 is 2.78 bits per heavy atom. The molecule has 32 heavy (non-hydrogen) atoms. The van der Waals surface area contributed by atoms with Crippen LogP contribution in [0.3, 0.4) is 0 Å². The maximum atomic E-state index is 13.1. The number of carbonyl (C=O) groups is 1. The quantitative estimate of drug-likeness (QED) is 0.451. The Morgan fingerprint density at radius 1 is 1.16 bits per heavy atom. The van der Waals surface area contributed by atoms with Gasteiger partial charge < -0.3 is 19.1 Å². The van der Waals surface area contributed by atoms with Crippen molar-refractivity contribution in [3.05, 3.63) is 60.0 Å². The summed E-state index contributed by atoms with van der Waals surface area (Å²) >= 11 is 1.51. The van der Waals surface area contributed by atoms with E-state index < -0.39 is 0 Å². The number of hydrogen-bond acceptors (Lipinski definition) is 7. The maximum absolute atomic E-state index is 13.1. The number of amides is 1. The van der Waals surface area contributed by atoms with Gasteiger partial charge in [0, 0.05) is 62.3 Å². The van der Waals surface area contributed by atoms with E-state index in [-0.39, 0.29) is 5.91 Å². The second-order valence-electron chi connectivity index (χ2n) is 7.62. The molecule has 1 aromatic carbocycles. The van der Waals surface area contributed by atoms with Crippen LogP contribution in [0.4, 0.5) is 5.82 Å². The van der Waals surface area contributed by atoms with Gasteiger partial charge in [0.25, 0.3) is 5.91 Å². The Morgan fingerprint density at radius 2 is 2.00 bits per heavy atom. The third kappa shape index (κ3) is 3.96. The fourth-order valence-electron chi connectivity index (χ4n) is 4.07. The topological polar surface area (TPSA) is 76.4 Å². The van der Waals surface area contributed by atoms with Gasteiger partial charge >= 0.3 is 0 Å². The Labute approximate surface area is 190 Å². The lowest BCUT2D eigenvalue weighted by Gasteiger charge is -2.35. The van der Waals surface area contributed by atoms with Gasteiger partial charge in [-0.15, -0.1) is 11.3 Å². The number of rotatable bonds is 6. The van der Waals surface area contributed by atoms with Crippen molar-refractivity contribution in [2.45, 2.75) is 6.54 Å². The standard InChI is InChI=1S/C23H24N6O2S/c1-31-13-12-29-19-5-3-2-4-17(19)14-20(29)22-26-18(15-32-22)23(30)28-10-8-27(9-11-28)21-6-7-24-16-25-21/h2-7,14-16H,8-13H2,1H3. The molecule has 5 rings (SSSR count). The molecule has 1 amide bonds. The monoisotopic (exact) mass is 448 g/mol. The van der Waals surface area contributed by atoms with Gasteiger partial charge in [-0.25, -0.2) is 15.0 Å². The van der Waals surface area contributed by atoms with E-state index >= 15 is 0 Å². The number of hydrogen-bond donors (Lipinski definition) is 0. The summed E-state index contributed by atoms with van der Waals surface area (Å²) in [5.74, 6) is 0.876. The van der Waals surface area contributed by atoms with Crippen molar-refractivity contribution in [2.75, 3.05) is 44.8 Å². The number of benzene rings is 1. The van der Waals surface area contributed by atoms with Gasteiger partial charge in [0.2, 0.25) is 0 Å². The molecule has 1 fully saturated rings. The number of para-hydroxylation sites is 1. The van der Waals surface area contributed by atoms with Crippen molar-refractivity contribution < 1.29 is 9.53 Å². The number of anilines is 1. The Balaban J connectivity index is 1.34. The first-order chi connectivity index (χ1) is 15.7. The highest BCUT2D eigenvalue weighted by atomic mass is 32.1. The Kier molecular flexibility index (Phi) is 5.83. The Bertz CT molecular complexity index is 1210. The van der Waals surface area contributed by atoms with Crippen LogP contribution in [0.1, 0.15) is 10.5 Å². The molecule has 0 radical (unpaired) electrons. The van der Waals surface area contributed by atoms with E-state index in [0.29, 0.717) is 25.4 Å². The molecule has 0 aliphatic carbocycles. The second-order valence-corrected chi connectivity index (χ2v) is 8.48. The average Bonchev–Trinajstić information content (AvgIpc) is 3.48. The van der Waals surface area contributed by atoms with Crippen molar-refractivity contribution in [3.8, 4) is 10.7 Å². The molecule has 9 heteroatoms. The summed E-state index contributed by atoms with van der Waals surface area (Å²) in [6.45, 7) is 4.11. The molecule has 1 saturated heterocycles. The second kappa shape index (κ2) is 9.05. The van der Waals surface area contributed by atoms with E-state index in [1.807, 2.05) is 28.5 Å². The molecule has 8 nitrogen and oxygen atoms in total. The van der Waals surface area contributed by atoms with E-state index in [0.717, 1.165) is 47.1 Å². The number of aromatic nitrogens is 4. The molecule has 0 atom stereocenters. The lowest BCUT2D eigenvalue weighted by molar-refractivity contribution is 0.0741. The van der Waals surface area contributed by atoms with Gasteiger partial charge in [0.05, 0.1) is 12.3 Å². The lowest BCUT2D eigenvalue weighted by atomic mass is 10.2. The van der Waals surface area contributed by atoms with Crippen molar-refractivity contribution >= 4 is 34.0 Å². The highest BCUT2D eigenvalue weighted by molar-refractivity contribution is 7.13. The van der Waals surface area contributed by atoms with E-state index in [2.05, 4.69) is 37.6 Å². The van der Waals surface area contributed by atoms with Crippen LogP contribution in [-0.2, 0) is 11.3 Å². The number of fused-ring (bicyclic) bond motifs is 1. The molecule has 3 aromatic heterocycles. The Hall–Kier alpha value is -3.30. The minimum Gasteiger partial charge on any atom is -0.383 e. The number of carbonyl (C=O) groups excluding carboxylic acids is 1. The summed E-state index contributed by atoms with van der Waals surface area (Å²) in [6, 6.07) is 12.3. The summed E-state index contributed by atoms with van der Waals surface area (Å²) in [7, 11) is 1.70. The van der Waals surface area contributed by atoms with Crippen LogP contribution in [0.2, 0.25) is 0 Å². The first kappa shape index (κ1) is 20.6. The van der Waals surface area contributed by atoms with Crippen LogP contribution in [0.25, 0.3) is 21.6 Å². The highest BCUT2D eigenvalue weighted by Gasteiger charge is 2.25. The van der Waals surface area contributed by atoms with Crippen LogP contribution in [0.5, 0.6) is 0 Å². The molecular weight excluding hydrogens is 424 g/mol. The number of methoxy groups -OCH3 is 1. The fraction of sp³-hybridized carbons (Fsp3) is 0.304. The predicted molar refractivity (Wildman–Crippen MR) is 125 cm³/mol. The number of thiazole rings is 1. The summed E-state index contributed by atoms with van der Waals surface area (Å²) in [4.78, 5) is 30.2. The molecule has 0 N–H and O–H groups in total. The molecule has 1 aliphatic heterocycles. The average molecular weight is 449 g/mol. The van der Waals surface area contributed by atoms with Crippen molar-refractivity contribution in [1.82, 2.24) is 24.4 Å². The van der Waals surface area contributed by atoms with Crippen molar-refractivity contribution in [1.29, 1.82) is 0 Å². The normalized spacial score (nSPS) is 14.3. The molecule has 164 valence electrons. The zero-order chi connectivity index (χ0) is 21.9. The summed E-state index contributed by atoms with van der Waals surface area (Å²) in [5.41, 5.74) is 2.66. The molecule has 1 aliphatic rings. The molecule has 0 unspecified atom stereocenters. The first-order valence-corrected chi connectivity index (χ1v) is 11.5. The van der Waals surface area contributed by atoms with E-state index in [9.17, 15) is 4.79 Å². The van der Waals surface area contributed by atoms with E-state index in [1.165, 1.54) is 11.3 Å². The third-order valence-corrected chi connectivity index (χ3v) is 6.59. The van der Waals surface area contributed by atoms with E-state index in [1.54, 1.807) is 19.6 Å². The largest absolute Gasteiger partial charge is 0.383 e. The predicted octanol–water partition coefficient (Wildman–Crippen LogP) is 3.16. The van der Waals surface area contributed by atoms with E-state index in [4.69, 9.17) is 9.72 Å². The van der Waals surface area contributed by atoms with Crippen molar-refractivity contribution in [2.24, 2.45) is 0 Å². The minimum atomic E-state index is -0.0191. The fourth-order valence-corrected chi connectivity index (χ4v) is 4.89.